The molecular formula is C12H20ClN3OS. The molecule has 1 aromatic heterocycles. The maximum atomic E-state index is 12.4. The molecule has 1 fully saturated rings. The second-order valence-corrected chi connectivity index (χ2v) is 5.90. The van der Waals surface area contributed by atoms with Crippen molar-refractivity contribution < 1.29 is 4.79 Å². The molecule has 2 rings (SSSR count). The van der Waals surface area contributed by atoms with E-state index in [0.29, 0.717) is 0 Å². The van der Waals surface area contributed by atoms with E-state index in [2.05, 4.69) is 4.98 Å². The Labute approximate surface area is 118 Å². The number of carbonyl (C=O) groups excluding carboxylic acids is 1. The van der Waals surface area contributed by atoms with E-state index in [1.807, 2.05) is 18.7 Å². The van der Waals surface area contributed by atoms with Crippen molar-refractivity contribution in [2.24, 2.45) is 5.73 Å². The first kappa shape index (κ1) is 15.4. The molecule has 102 valence electrons. The number of nitrogens with zero attached hydrogens (tertiary/aromatic N) is 2. The van der Waals surface area contributed by atoms with Gasteiger partial charge in [-0.1, -0.05) is 0 Å². The lowest BCUT2D eigenvalue weighted by atomic mass is 9.97. The van der Waals surface area contributed by atoms with E-state index < -0.39 is 0 Å². The average molecular weight is 290 g/mol. The molecule has 2 heterocycles. The Kier molecular flexibility index (Phi) is 5.56. The summed E-state index contributed by atoms with van der Waals surface area (Å²) in [4.78, 5) is 19.2. The second-order valence-electron chi connectivity index (χ2n) is 4.66. The SMILES string of the molecule is Cc1ncc(C(=O)N2CCCCC2C(C)N)s1.Cl. The average Bonchev–Trinajstić information content (AvgIpc) is 2.75. The van der Waals surface area contributed by atoms with Gasteiger partial charge < -0.3 is 10.6 Å². The quantitative estimate of drug-likeness (QED) is 0.908. The predicted octanol–water partition coefficient (Wildman–Crippen LogP) is 2.22. The summed E-state index contributed by atoms with van der Waals surface area (Å²) in [7, 11) is 0. The van der Waals surface area contributed by atoms with Crippen molar-refractivity contribution in [1.82, 2.24) is 9.88 Å². The number of hydrogen-bond donors (Lipinski definition) is 1. The Morgan fingerprint density at radius 3 is 2.89 bits per heavy atom. The number of likely N-dealkylation sites (tertiary alicyclic amines) is 1. The topological polar surface area (TPSA) is 59.2 Å². The van der Waals surface area contributed by atoms with Crippen molar-refractivity contribution in [2.45, 2.75) is 45.2 Å². The zero-order chi connectivity index (χ0) is 12.4. The minimum Gasteiger partial charge on any atom is -0.333 e. The van der Waals surface area contributed by atoms with Gasteiger partial charge in [-0.25, -0.2) is 4.98 Å². The summed E-state index contributed by atoms with van der Waals surface area (Å²) in [5.41, 5.74) is 5.97. The van der Waals surface area contributed by atoms with Gasteiger partial charge in [0.25, 0.3) is 5.91 Å². The Hall–Kier alpha value is -0.650. The molecule has 4 nitrogen and oxygen atoms in total. The maximum Gasteiger partial charge on any atom is 0.265 e. The first-order chi connectivity index (χ1) is 8.09. The molecule has 0 spiro atoms. The summed E-state index contributed by atoms with van der Waals surface area (Å²) >= 11 is 1.46. The summed E-state index contributed by atoms with van der Waals surface area (Å²) in [5.74, 6) is 0.0950. The van der Waals surface area contributed by atoms with Crippen molar-refractivity contribution in [3.8, 4) is 0 Å². The highest BCUT2D eigenvalue weighted by Crippen LogP contribution is 2.23. The summed E-state index contributed by atoms with van der Waals surface area (Å²) < 4.78 is 0. The predicted molar refractivity (Wildman–Crippen MR) is 76.4 cm³/mol. The third-order valence-electron chi connectivity index (χ3n) is 3.25. The highest BCUT2D eigenvalue weighted by Gasteiger charge is 2.30. The number of piperidine rings is 1. The van der Waals surface area contributed by atoms with Gasteiger partial charge in [0.2, 0.25) is 0 Å². The van der Waals surface area contributed by atoms with Gasteiger partial charge in [0, 0.05) is 18.6 Å². The van der Waals surface area contributed by atoms with Crippen LogP contribution in [0.4, 0.5) is 0 Å². The number of amides is 1. The lowest BCUT2D eigenvalue weighted by Gasteiger charge is -2.37. The lowest BCUT2D eigenvalue weighted by molar-refractivity contribution is 0.0588. The van der Waals surface area contributed by atoms with Crippen molar-refractivity contribution in [2.75, 3.05) is 6.54 Å². The second kappa shape index (κ2) is 6.50. The molecule has 2 N–H and O–H groups in total. The van der Waals surface area contributed by atoms with Crippen molar-refractivity contribution in [3.63, 3.8) is 0 Å². The van der Waals surface area contributed by atoms with Crippen molar-refractivity contribution in [3.05, 3.63) is 16.1 Å². The molecule has 2 atom stereocenters. The Morgan fingerprint density at radius 2 is 2.33 bits per heavy atom. The van der Waals surface area contributed by atoms with Crippen LogP contribution in [0.15, 0.2) is 6.20 Å². The monoisotopic (exact) mass is 289 g/mol. The van der Waals surface area contributed by atoms with Crippen LogP contribution >= 0.6 is 23.7 Å². The summed E-state index contributed by atoms with van der Waals surface area (Å²) in [6.07, 6.45) is 4.93. The molecule has 0 aromatic carbocycles. The minimum atomic E-state index is 0. The molecule has 0 bridgehead atoms. The summed E-state index contributed by atoms with van der Waals surface area (Å²) in [5, 5.41) is 0.933. The van der Waals surface area contributed by atoms with Crippen LogP contribution in [0, 0.1) is 6.92 Å². The Balaban J connectivity index is 0.00000162. The molecule has 1 saturated heterocycles. The van der Waals surface area contributed by atoms with E-state index in [9.17, 15) is 4.79 Å². The van der Waals surface area contributed by atoms with E-state index in [1.54, 1.807) is 6.20 Å². The van der Waals surface area contributed by atoms with E-state index >= 15 is 0 Å². The maximum absolute atomic E-state index is 12.4. The van der Waals surface area contributed by atoms with Gasteiger partial charge in [0.1, 0.15) is 4.88 Å². The molecule has 0 radical (unpaired) electrons. The van der Waals surface area contributed by atoms with Crippen LogP contribution < -0.4 is 5.73 Å². The van der Waals surface area contributed by atoms with Crippen LogP contribution in [-0.4, -0.2) is 34.4 Å². The molecular weight excluding hydrogens is 270 g/mol. The summed E-state index contributed by atoms with van der Waals surface area (Å²) in [6.45, 7) is 4.72. The Morgan fingerprint density at radius 1 is 1.61 bits per heavy atom. The third kappa shape index (κ3) is 3.22. The van der Waals surface area contributed by atoms with Gasteiger partial charge in [-0.2, -0.15) is 0 Å². The van der Waals surface area contributed by atoms with Gasteiger partial charge in [0.05, 0.1) is 11.2 Å². The summed E-state index contributed by atoms with van der Waals surface area (Å²) in [6, 6.07) is 0.215. The molecule has 1 amide bonds. The van der Waals surface area contributed by atoms with Crippen molar-refractivity contribution >= 4 is 29.7 Å². The number of thiazole rings is 1. The number of hydrogen-bond acceptors (Lipinski definition) is 4. The molecule has 1 aromatic rings. The number of rotatable bonds is 2. The first-order valence-corrected chi connectivity index (χ1v) is 6.90. The van der Waals surface area contributed by atoms with Crippen LogP contribution in [0.1, 0.15) is 40.9 Å². The van der Waals surface area contributed by atoms with Crippen LogP contribution in [0.25, 0.3) is 0 Å². The third-order valence-corrected chi connectivity index (χ3v) is 4.15. The number of carbonyl (C=O) groups is 1. The number of halogens is 1. The molecule has 1 aliphatic rings. The van der Waals surface area contributed by atoms with Gasteiger partial charge in [-0.3, -0.25) is 4.79 Å². The Bertz CT molecular complexity index is 408. The minimum absolute atomic E-state index is 0. The molecule has 1 aliphatic heterocycles. The van der Waals surface area contributed by atoms with Gasteiger partial charge >= 0.3 is 0 Å². The fourth-order valence-electron chi connectivity index (χ4n) is 2.36. The fourth-order valence-corrected chi connectivity index (χ4v) is 3.09. The van der Waals surface area contributed by atoms with E-state index in [-0.39, 0.29) is 30.4 Å². The largest absolute Gasteiger partial charge is 0.333 e. The highest BCUT2D eigenvalue weighted by atomic mass is 35.5. The van der Waals surface area contributed by atoms with Crippen molar-refractivity contribution in [1.29, 1.82) is 0 Å². The molecule has 0 aliphatic carbocycles. The molecule has 18 heavy (non-hydrogen) atoms. The van der Waals surface area contributed by atoms with E-state index in [4.69, 9.17) is 5.73 Å². The van der Waals surface area contributed by atoms with Crippen LogP contribution in [0.3, 0.4) is 0 Å². The normalized spacial score (nSPS) is 21.3. The number of aryl methyl sites for hydroxylation is 1. The number of aromatic nitrogens is 1. The lowest BCUT2D eigenvalue weighted by Crippen LogP contribution is -2.51. The molecule has 0 saturated carbocycles. The zero-order valence-corrected chi connectivity index (χ0v) is 12.4. The van der Waals surface area contributed by atoms with Gasteiger partial charge in [-0.05, 0) is 33.1 Å². The van der Waals surface area contributed by atoms with E-state index in [0.717, 1.165) is 35.7 Å². The van der Waals surface area contributed by atoms with E-state index in [1.165, 1.54) is 11.3 Å². The van der Waals surface area contributed by atoms with Crippen LogP contribution in [-0.2, 0) is 0 Å². The van der Waals surface area contributed by atoms with Crippen LogP contribution in [0.5, 0.6) is 0 Å². The van der Waals surface area contributed by atoms with Crippen LogP contribution in [0.2, 0.25) is 0 Å². The molecule has 2 unspecified atom stereocenters. The standard InChI is InChI=1S/C12H19N3OS.ClH/c1-8(13)10-5-3-4-6-15(10)12(16)11-7-14-9(2)17-11;/h7-8,10H,3-6,13H2,1-2H3;1H. The smallest absolute Gasteiger partial charge is 0.265 e. The zero-order valence-electron chi connectivity index (χ0n) is 10.8. The highest BCUT2D eigenvalue weighted by molar-refractivity contribution is 7.13. The van der Waals surface area contributed by atoms with Gasteiger partial charge in [0.15, 0.2) is 0 Å². The molecule has 6 heteroatoms. The fraction of sp³-hybridized carbons (Fsp3) is 0.667. The number of nitrogens with two attached hydrogens (primary N) is 1. The van der Waals surface area contributed by atoms with Gasteiger partial charge in [-0.15, -0.1) is 23.7 Å². The first-order valence-electron chi connectivity index (χ1n) is 6.08.